The Morgan fingerprint density at radius 1 is 0.368 bits per heavy atom. The first-order valence-corrected chi connectivity index (χ1v) is 52.6. The van der Waals surface area contributed by atoms with Gasteiger partial charge < -0.3 is 58.5 Å². The number of ether oxygens (including phenoxy) is 4. The smallest absolute Gasteiger partial charge is 0.277 e. The van der Waals surface area contributed by atoms with Crippen molar-refractivity contribution in [1.29, 1.82) is 0 Å². The van der Waals surface area contributed by atoms with E-state index in [1.165, 1.54) is 51.8 Å². The molecule has 40 nitrogen and oxygen atoms in total. The monoisotopic (exact) mass is 2100 g/mol. The number of nitrogens with one attached hydrogen (secondary N) is 8. The number of hydrogen-bond donors (Lipinski definition) is 8. The van der Waals surface area contributed by atoms with Crippen molar-refractivity contribution in [2.24, 2.45) is 28.0 Å². The van der Waals surface area contributed by atoms with E-state index in [4.69, 9.17) is 71.0 Å². The molecule has 4 aliphatic rings. The lowest BCUT2D eigenvalue weighted by Crippen LogP contribution is -2.31. The molecule has 8 N–H and O–H groups in total. The topological polar surface area (TPSA) is 489 Å². The van der Waals surface area contributed by atoms with Gasteiger partial charge >= 0.3 is 0 Å². The third-order valence-electron chi connectivity index (χ3n) is 23.4. The van der Waals surface area contributed by atoms with Gasteiger partial charge in [-0.25, -0.2) is 72.5 Å². The van der Waals surface area contributed by atoms with Crippen molar-refractivity contribution in [2.45, 2.75) is 253 Å². The summed E-state index contributed by atoms with van der Waals surface area (Å²) in [5, 5.41) is 16.1. The van der Waals surface area contributed by atoms with Gasteiger partial charge in [0.25, 0.3) is 22.2 Å². The number of aryl methyl sites for hydroxylation is 8. The summed E-state index contributed by atoms with van der Waals surface area (Å²) in [4.78, 5) is 84.5. The minimum atomic E-state index is -4.87. The molecule has 6 atom stereocenters. The molecule has 0 saturated carbocycles. The number of fused-ring (bicyclic) bond motifs is 4. The van der Waals surface area contributed by atoms with Crippen LogP contribution >= 0.6 is 0 Å². The van der Waals surface area contributed by atoms with E-state index in [1.54, 1.807) is 56.6 Å². The van der Waals surface area contributed by atoms with Crippen LogP contribution in [0.4, 0.5) is 0 Å². The number of aromatic amines is 4. The Morgan fingerprint density at radius 3 is 0.986 bits per heavy atom. The lowest BCUT2D eigenvalue weighted by Gasteiger charge is -2.19. The summed E-state index contributed by atoms with van der Waals surface area (Å²) in [7, 11) is -11.7. The Kier molecular flexibility index (Phi) is 24.0. The van der Waals surface area contributed by atoms with Crippen molar-refractivity contribution in [3.8, 4) is 68.5 Å². The van der Waals surface area contributed by atoms with Gasteiger partial charge in [-0.1, -0.05) is 80.8 Å². The average molecular weight is 2100 g/mol. The minimum absolute atomic E-state index is 0.0424. The normalized spacial score (nSPS) is 22.5. The molecule has 784 valence electrons. The molecule has 4 aliphatic heterocycles. The Morgan fingerprint density at radius 2 is 0.667 bits per heavy atom. The van der Waals surface area contributed by atoms with Crippen LogP contribution in [0.5, 0.6) is 23.0 Å². The number of sulfonamides is 4. The van der Waals surface area contributed by atoms with Gasteiger partial charge in [-0.15, -0.1) is 0 Å². The van der Waals surface area contributed by atoms with Crippen LogP contribution in [0.3, 0.4) is 0 Å². The molecular formula is C100H144N24O16S4. The summed E-state index contributed by atoms with van der Waals surface area (Å²) in [5.74, 6) is -0.400. The number of rotatable bonds is 44. The summed E-state index contributed by atoms with van der Waals surface area (Å²) in [5.41, 5.74) is -6.33. The summed E-state index contributed by atoms with van der Waals surface area (Å²) in [6.07, 6.45) is -15.7. The van der Waals surface area contributed by atoms with Crippen molar-refractivity contribution in [3.05, 3.63) is 137 Å². The van der Waals surface area contributed by atoms with Crippen molar-refractivity contribution < 1.29 is 105 Å². The first-order valence-electron chi connectivity index (χ1n) is 65.8. The molecule has 4 saturated heterocycles. The van der Waals surface area contributed by atoms with Gasteiger partial charge in [-0.2, -0.15) is 20.4 Å². The Balaban J connectivity index is 0.000000198. The number of nitrogens with zero attached hydrogens (tertiary/aromatic N) is 16. The van der Waals surface area contributed by atoms with Gasteiger partial charge in [0.15, 0.2) is 22.1 Å². The van der Waals surface area contributed by atoms with Crippen LogP contribution in [0, 0.1) is 0 Å². The molecule has 144 heavy (non-hydrogen) atoms. The van der Waals surface area contributed by atoms with Crippen LogP contribution in [0.25, 0.3) is 89.7 Å². The molecule has 4 aromatic carbocycles. The lowest BCUT2D eigenvalue weighted by molar-refractivity contribution is 0.297. The van der Waals surface area contributed by atoms with Gasteiger partial charge in [0.05, 0.1) is 91.0 Å². The molecule has 44 heteroatoms. The van der Waals surface area contributed by atoms with Gasteiger partial charge in [0.1, 0.15) is 68.4 Å². The molecule has 12 aromatic rings. The van der Waals surface area contributed by atoms with E-state index in [0.29, 0.717) is 137 Å². The molecule has 0 aliphatic carbocycles. The van der Waals surface area contributed by atoms with E-state index in [0.717, 1.165) is 53.0 Å². The van der Waals surface area contributed by atoms with Crippen LogP contribution in [-0.2, 0) is 93.7 Å². The molecule has 0 spiro atoms. The second-order valence-electron chi connectivity index (χ2n) is 33.9. The van der Waals surface area contributed by atoms with E-state index in [-0.39, 0.29) is 115 Å². The van der Waals surface area contributed by atoms with Crippen LogP contribution in [0.1, 0.15) is 258 Å². The molecule has 12 heterocycles. The first kappa shape index (κ1) is 69.2. The maximum Gasteiger partial charge on any atom is 0.277 e. The van der Waals surface area contributed by atoms with E-state index < -0.39 is 260 Å². The predicted molar refractivity (Wildman–Crippen MR) is 559 cm³/mol. The van der Waals surface area contributed by atoms with E-state index >= 15 is 0 Å². The quantitative estimate of drug-likeness (QED) is 0.0176. The summed E-state index contributed by atoms with van der Waals surface area (Å²) in [6.45, 7) is -12.8. The Bertz CT molecular complexity index is 9010. The van der Waals surface area contributed by atoms with Crippen molar-refractivity contribution in [2.75, 3.05) is 107 Å². The predicted octanol–water partition coefficient (Wildman–Crippen LogP) is 11.3. The molecule has 0 radical (unpaired) electrons. The summed E-state index contributed by atoms with van der Waals surface area (Å²) < 4.78 is 449. The molecule has 8 aromatic heterocycles. The van der Waals surface area contributed by atoms with Crippen LogP contribution < -0.4 is 60.1 Å². The second kappa shape index (κ2) is 49.9. The zero-order valence-electron chi connectivity index (χ0n) is 119. The molecule has 0 amide bonds. The number of aromatic nitrogens is 16. The van der Waals surface area contributed by atoms with Gasteiger partial charge in [0.2, 0.25) is 40.1 Å². The highest BCUT2D eigenvalue weighted by Gasteiger charge is 2.32. The fraction of sp³-hybridized carbons (Fsp3) is 0.560. The third kappa shape index (κ3) is 26.5. The van der Waals surface area contributed by atoms with Gasteiger partial charge in [-0.05, 0) is 255 Å². The standard InChI is InChI=1S/4C25H36N6O4S/c4*1-5-8-20-22-23(31(4)29-20)25(32)28-24(27-22)19-16-18(10-11-21(19)35-15-6-2)36(33,34)26-13-12-17-9-7-14-30(17)3/h4*10-11,16-17,26H,5-9,12-15H2,1-4H3,(H,27,28,32)/i1D3,4D3,5D2,8D2,12D2,13D2;1D3,4D3,5D2,8D2,12D2,13D;3D3,12D2,13D;3D3,12D2. The molecule has 6 unspecified atom stereocenters. The van der Waals surface area contributed by atoms with Crippen molar-refractivity contribution in [3.63, 3.8) is 0 Å². The molecular weight excluding hydrogens is 1920 g/mol. The third-order valence-corrected chi connectivity index (χ3v) is 28.6. The highest BCUT2D eigenvalue weighted by molar-refractivity contribution is 7.90. The Labute approximate surface area is 896 Å². The SMILES string of the molecule is [2H]C(NS(=O)(=O)c1ccc(OCCC)c(-c2nc3c(C([2H])([2H])C([2H])([2H])C([2H])([2H])[2H])nn(C([2H])([2H])[2H])c3c(=O)[nH]2)c1)C([2H])([2H])C1CCCN1C.[2H]C(NS(=O)(=O)c1ccc(OCCC)c(-c2nc3c(CCC)nn(C)c3c(=O)[nH]2)c1)C([2H])([2H])C1CCCN1C([2H])([2H])[2H].[2H]C([2H])(CNS(=O)(=O)c1ccc(OCCC)c(-c2nc3c(CCC)nn(C)c3c(=O)[nH]2)c1)C1CCCN1C([2H])([2H])[2H].[2H]C([2H])([2H])n1nc(C([2H])([2H])C([2H])([2H])C([2H])([2H])[2H])c2nc(-c3cc(S(=O)(=O)NC([2H])([2H])C([2H])([2H])C4CCCN4C)ccc3OCCC)[nH]c(=O)c21. The highest BCUT2D eigenvalue weighted by atomic mass is 32.2. The Hall–Kier alpha value is -11.0. The van der Waals surface area contributed by atoms with Crippen molar-refractivity contribution in [1.82, 2.24) is 117 Å². The molecule has 0 bridgehead atoms. The number of H-pyrrole nitrogens is 4. The number of likely N-dealkylation sites (tertiary alicyclic amines) is 4. The minimum Gasteiger partial charge on any atom is -0.493 e. The average Bonchev–Trinajstić information content (AvgIpc) is 1.53. The maximum atomic E-state index is 13.6. The van der Waals surface area contributed by atoms with Crippen LogP contribution in [0.15, 0.2) is 112 Å². The maximum absolute atomic E-state index is 13.6. The second-order valence-corrected chi connectivity index (χ2v) is 40.8. The van der Waals surface area contributed by atoms with Crippen LogP contribution in [0.2, 0.25) is 0 Å². The largest absolute Gasteiger partial charge is 0.493 e. The van der Waals surface area contributed by atoms with Gasteiger partial charge in [-0.3, -0.25) is 37.9 Å². The zero-order valence-corrected chi connectivity index (χ0v) is 84.2. The van der Waals surface area contributed by atoms with Gasteiger partial charge in [0, 0.05) is 130 Å². The first-order chi connectivity index (χ1) is 83.7. The highest BCUT2D eigenvalue weighted by Crippen LogP contribution is 2.38. The van der Waals surface area contributed by atoms with Crippen LogP contribution in [-0.4, -0.2) is 263 Å². The van der Waals surface area contributed by atoms with E-state index in [9.17, 15) is 52.8 Å². The summed E-state index contributed by atoms with van der Waals surface area (Å²) >= 11 is 0. The molecule has 4 fully saturated rings. The van der Waals surface area contributed by atoms with Crippen molar-refractivity contribution >= 4 is 84.2 Å². The fourth-order valence-corrected chi connectivity index (χ4v) is 19.8. The van der Waals surface area contributed by atoms with E-state index in [2.05, 4.69) is 74.4 Å². The summed E-state index contributed by atoms with van der Waals surface area (Å²) in [6, 6.07) is 10.7. The number of benzene rings is 4. The molecule has 16 rings (SSSR count). The number of hydrogen-bond acceptors (Lipinski definition) is 28. The van der Waals surface area contributed by atoms with E-state index in [1.807, 2.05) is 27.7 Å². The lowest BCUT2D eigenvalue weighted by atomic mass is 10.1. The zero-order chi connectivity index (χ0) is 136. The fourth-order valence-electron chi connectivity index (χ4n) is 16.2.